The molecule has 0 saturated heterocycles. The third-order valence-corrected chi connectivity index (χ3v) is 14.6. The van der Waals surface area contributed by atoms with Crippen molar-refractivity contribution in [1.82, 2.24) is 4.57 Å². The Kier molecular flexibility index (Phi) is 8.23. The molecule has 14 rings (SSSR count). The molecule has 0 atom stereocenters. The van der Waals surface area contributed by atoms with E-state index >= 15 is 0 Å². The molecule has 0 saturated carbocycles. The van der Waals surface area contributed by atoms with E-state index in [1.807, 2.05) is 0 Å². The Balaban J connectivity index is 0.893. The van der Waals surface area contributed by atoms with Gasteiger partial charge in [0.15, 0.2) is 0 Å². The van der Waals surface area contributed by atoms with E-state index < -0.39 is 5.41 Å². The molecule has 67 heavy (non-hydrogen) atoms. The number of nitrogens with zero attached hydrogens (tertiary/aromatic N) is 2. The fraction of sp³-hybridized carbons (Fsp3) is 0.0154. The van der Waals surface area contributed by atoms with Crippen LogP contribution in [0.2, 0.25) is 0 Å². The van der Waals surface area contributed by atoms with Crippen LogP contribution in [0.15, 0.2) is 255 Å². The van der Waals surface area contributed by atoms with Crippen LogP contribution in [0.1, 0.15) is 22.3 Å². The van der Waals surface area contributed by atoms with Crippen LogP contribution in [-0.2, 0) is 5.41 Å². The molecular weight excluding hydrogens is 809 g/mol. The molecule has 11 aromatic carbocycles. The molecular formula is C65H42N2. The van der Waals surface area contributed by atoms with E-state index in [1.54, 1.807) is 0 Å². The predicted octanol–water partition coefficient (Wildman–Crippen LogP) is 17.1. The molecule has 2 aliphatic rings. The summed E-state index contributed by atoms with van der Waals surface area (Å²) < 4.78 is 2.43. The van der Waals surface area contributed by atoms with Crippen molar-refractivity contribution in [3.8, 4) is 50.2 Å². The first-order chi connectivity index (χ1) is 33.2. The maximum absolute atomic E-state index is 2.48. The number of hydrogen-bond donors (Lipinski definition) is 0. The zero-order valence-corrected chi connectivity index (χ0v) is 36.6. The smallest absolute Gasteiger partial charge is 0.0726 e. The summed E-state index contributed by atoms with van der Waals surface area (Å²) in [7, 11) is 0. The Morgan fingerprint density at radius 2 is 0.761 bits per heavy atom. The van der Waals surface area contributed by atoms with E-state index in [9.17, 15) is 0 Å². The molecule has 0 unspecified atom stereocenters. The lowest BCUT2D eigenvalue weighted by Gasteiger charge is -2.32. The zero-order valence-electron chi connectivity index (χ0n) is 36.6. The molecule has 2 nitrogen and oxygen atoms in total. The fourth-order valence-corrected chi connectivity index (χ4v) is 11.7. The number of fused-ring (bicyclic) bond motifs is 15. The summed E-state index contributed by atoms with van der Waals surface area (Å²) in [4.78, 5) is 2.43. The van der Waals surface area contributed by atoms with E-state index in [0.717, 1.165) is 22.7 Å². The van der Waals surface area contributed by atoms with Gasteiger partial charge in [0.2, 0.25) is 0 Å². The Morgan fingerprint density at radius 3 is 1.37 bits per heavy atom. The van der Waals surface area contributed by atoms with Gasteiger partial charge in [-0.2, -0.15) is 0 Å². The summed E-state index contributed by atoms with van der Waals surface area (Å²) in [5.41, 5.74) is 21.8. The molecule has 0 aliphatic heterocycles. The second kappa shape index (κ2) is 14.7. The van der Waals surface area contributed by atoms with Crippen molar-refractivity contribution in [3.05, 3.63) is 277 Å². The van der Waals surface area contributed by atoms with Crippen molar-refractivity contribution in [3.63, 3.8) is 0 Å². The van der Waals surface area contributed by atoms with Gasteiger partial charge in [-0.15, -0.1) is 0 Å². The number of anilines is 3. The third-order valence-electron chi connectivity index (χ3n) is 14.6. The molecule has 2 heteroatoms. The molecule has 0 radical (unpaired) electrons. The van der Waals surface area contributed by atoms with Crippen LogP contribution in [0, 0.1) is 0 Å². The van der Waals surface area contributed by atoms with E-state index in [4.69, 9.17) is 0 Å². The molecule has 1 aromatic heterocycles. The summed E-state index contributed by atoms with van der Waals surface area (Å²) in [6, 6.07) is 94.2. The molecule has 1 spiro atoms. The average molecular weight is 851 g/mol. The van der Waals surface area contributed by atoms with Gasteiger partial charge in [-0.3, -0.25) is 0 Å². The summed E-state index contributed by atoms with van der Waals surface area (Å²) in [6.45, 7) is 0. The Hall–Kier alpha value is -8.72. The van der Waals surface area contributed by atoms with Crippen LogP contribution < -0.4 is 4.90 Å². The molecule has 0 bridgehead atoms. The van der Waals surface area contributed by atoms with Crippen molar-refractivity contribution in [2.45, 2.75) is 5.41 Å². The fourth-order valence-electron chi connectivity index (χ4n) is 11.7. The van der Waals surface area contributed by atoms with Crippen LogP contribution in [0.4, 0.5) is 17.1 Å². The predicted molar refractivity (Wildman–Crippen MR) is 280 cm³/mol. The molecule has 1 heterocycles. The van der Waals surface area contributed by atoms with Gasteiger partial charge in [0.1, 0.15) is 0 Å². The SMILES string of the molecule is c1ccc(-c2ccc(N(c3ccc(-c4ccc(-n5c6ccccc6c6ccc7ccccc7c65)cc4)cc3)c3ccc4c(c3)C3(c5ccccc5-c5ccccc53)c3ccccc3-4)cc2)cc1. The highest BCUT2D eigenvalue weighted by Crippen LogP contribution is 2.63. The van der Waals surface area contributed by atoms with Crippen LogP contribution >= 0.6 is 0 Å². The van der Waals surface area contributed by atoms with Crippen LogP contribution in [0.25, 0.3) is 82.8 Å². The highest BCUT2D eigenvalue weighted by molar-refractivity contribution is 6.18. The summed E-state index contributed by atoms with van der Waals surface area (Å²) in [5.74, 6) is 0. The van der Waals surface area contributed by atoms with E-state index in [-0.39, 0.29) is 0 Å². The minimum absolute atomic E-state index is 0.430. The lowest BCUT2D eigenvalue weighted by atomic mass is 9.70. The van der Waals surface area contributed by atoms with Gasteiger partial charge in [0.25, 0.3) is 0 Å². The van der Waals surface area contributed by atoms with Crippen LogP contribution in [0.5, 0.6) is 0 Å². The van der Waals surface area contributed by atoms with Crippen molar-refractivity contribution < 1.29 is 0 Å². The maximum Gasteiger partial charge on any atom is 0.0726 e. The molecule has 0 N–H and O–H groups in total. The monoisotopic (exact) mass is 850 g/mol. The topological polar surface area (TPSA) is 8.17 Å². The Morgan fingerprint density at radius 1 is 0.299 bits per heavy atom. The number of aromatic nitrogens is 1. The van der Waals surface area contributed by atoms with Gasteiger partial charge >= 0.3 is 0 Å². The summed E-state index contributed by atoms with van der Waals surface area (Å²) in [5, 5.41) is 5.05. The van der Waals surface area contributed by atoms with E-state index in [1.165, 1.54) is 99.3 Å². The number of hydrogen-bond acceptors (Lipinski definition) is 1. The number of para-hydroxylation sites is 1. The van der Waals surface area contributed by atoms with Gasteiger partial charge in [0.05, 0.1) is 16.4 Å². The first-order valence-electron chi connectivity index (χ1n) is 23.3. The minimum Gasteiger partial charge on any atom is -0.310 e. The van der Waals surface area contributed by atoms with E-state index in [2.05, 4.69) is 264 Å². The minimum atomic E-state index is -0.430. The van der Waals surface area contributed by atoms with Gasteiger partial charge < -0.3 is 9.47 Å². The highest BCUT2D eigenvalue weighted by Gasteiger charge is 2.51. The molecule has 12 aromatic rings. The Bertz CT molecular complexity index is 3830. The van der Waals surface area contributed by atoms with Crippen molar-refractivity contribution in [1.29, 1.82) is 0 Å². The summed E-state index contributed by atoms with van der Waals surface area (Å²) in [6.07, 6.45) is 0. The Labute approximate surface area is 389 Å². The van der Waals surface area contributed by atoms with Gasteiger partial charge in [-0.25, -0.2) is 0 Å². The second-order valence-corrected chi connectivity index (χ2v) is 18.0. The maximum atomic E-state index is 2.48. The molecule has 2 aliphatic carbocycles. The number of benzene rings is 11. The third kappa shape index (κ3) is 5.51. The second-order valence-electron chi connectivity index (χ2n) is 18.0. The normalized spacial score (nSPS) is 12.9. The molecule has 312 valence electrons. The molecule has 0 fully saturated rings. The summed E-state index contributed by atoms with van der Waals surface area (Å²) >= 11 is 0. The quantitative estimate of drug-likeness (QED) is 0.162. The lowest BCUT2D eigenvalue weighted by Crippen LogP contribution is -2.26. The van der Waals surface area contributed by atoms with Crippen molar-refractivity contribution in [2.75, 3.05) is 4.90 Å². The van der Waals surface area contributed by atoms with E-state index in [0.29, 0.717) is 0 Å². The lowest BCUT2D eigenvalue weighted by molar-refractivity contribution is 0.793. The average Bonchev–Trinajstić information content (AvgIpc) is 4.02. The molecule has 0 amide bonds. The van der Waals surface area contributed by atoms with Crippen molar-refractivity contribution in [2.24, 2.45) is 0 Å². The first-order valence-corrected chi connectivity index (χ1v) is 23.3. The van der Waals surface area contributed by atoms with Crippen LogP contribution in [-0.4, -0.2) is 4.57 Å². The van der Waals surface area contributed by atoms with Gasteiger partial charge in [0, 0.05) is 38.9 Å². The first kappa shape index (κ1) is 37.6. The van der Waals surface area contributed by atoms with Gasteiger partial charge in [-0.05, 0) is 127 Å². The van der Waals surface area contributed by atoms with Crippen molar-refractivity contribution >= 4 is 49.6 Å². The zero-order chi connectivity index (χ0) is 44.1. The largest absolute Gasteiger partial charge is 0.310 e. The number of rotatable bonds is 6. The standard InChI is InChI=1S/C65H42N2/c1-2-14-43(15-3-1)44-26-33-48(34-27-44)66(51-39-41-56-55-20-8-12-24-61(55)65(62(56)42-51)59-22-10-6-18-53(59)54-19-7-11-23-60(54)65)49-35-28-45(29-36-49)46-30-37-50(38-31-46)67-63-25-13-9-21-57(63)58-40-32-47-16-4-5-17-52(47)64(58)67/h1-42H. The van der Waals surface area contributed by atoms with Crippen LogP contribution in [0.3, 0.4) is 0 Å². The van der Waals surface area contributed by atoms with Gasteiger partial charge in [-0.1, -0.05) is 200 Å². The highest BCUT2D eigenvalue weighted by atomic mass is 15.1.